The van der Waals surface area contributed by atoms with Crippen molar-refractivity contribution in [3.05, 3.63) is 70.9 Å². The van der Waals surface area contributed by atoms with Gasteiger partial charge < -0.3 is 5.32 Å². The van der Waals surface area contributed by atoms with Crippen molar-refractivity contribution in [3.63, 3.8) is 0 Å². The summed E-state index contributed by atoms with van der Waals surface area (Å²) in [6.45, 7) is 2.02. The number of halogens is 2. The Kier molecular flexibility index (Phi) is 4.34. The molecule has 23 heavy (non-hydrogen) atoms. The summed E-state index contributed by atoms with van der Waals surface area (Å²) in [5, 5.41) is 14.7. The zero-order valence-corrected chi connectivity index (χ0v) is 13.0. The number of nitrogens with one attached hydrogen (secondary N) is 1. The summed E-state index contributed by atoms with van der Waals surface area (Å²) in [5.74, 6) is 0.110. The first-order chi connectivity index (χ1) is 11.1. The van der Waals surface area contributed by atoms with Crippen LogP contribution in [0, 0.1) is 12.7 Å². The van der Waals surface area contributed by atoms with Crippen molar-refractivity contribution in [2.75, 3.05) is 5.32 Å². The fraction of sp³-hybridized carbons (Fsp3) is 0.0625. The molecule has 0 aliphatic heterocycles. The molecule has 0 unspecified atom stereocenters. The highest BCUT2D eigenvalue weighted by molar-refractivity contribution is 6.31. The van der Waals surface area contributed by atoms with Crippen LogP contribution in [0.25, 0.3) is 11.8 Å². The van der Waals surface area contributed by atoms with Gasteiger partial charge in [-0.3, -0.25) is 0 Å². The van der Waals surface area contributed by atoms with Crippen LogP contribution in [0.4, 0.5) is 10.1 Å². The van der Waals surface area contributed by atoms with E-state index in [1.54, 1.807) is 23.0 Å². The van der Waals surface area contributed by atoms with Crippen molar-refractivity contribution in [1.29, 1.82) is 0 Å². The van der Waals surface area contributed by atoms with Crippen molar-refractivity contribution in [2.45, 2.75) is 6.92 Å². The Balaban J connectivity index is 1.77. The maximum Gasteiger partial charge on any atom is 0.181 e. The number of benzene rings is 2. The quantitative estimate of drug-likeness (QED) is 0.790. The minimum Gasteiger partial charge on any atom is -0.362 e. The molecule has 0 spiro atoms. The maximum atomic E-state index is 13.1. The average Bonchev–Trinajstić information content (AvgIpc) is 3.00. The molecule has 0 amide bonds. The fourth-order valence-corrected chi connectivity index (χ4v) is 2.15. The van der Waals surface area contributed by atoms with E-state index >= 15 is 0 Å². The lowest BCUT2D eigenvalue weighted by Crippen LogP contribution is -2.00. The minimum absolute atomic E-state index is 0.0629. The van der Waals surface area contributed by atoms with Gasteiger partial charge in [0.1, 0.15) is 5.82 Å². The molecule has 2 aromatic carbocycles. The van der Waals surface area contributed by atoms with Crippen molar-refractivity contribution in [1.82, 2.24) is 20.2 Å². The van der Waals surface area contributed by atoms with E-state index in [0.29, 0.717) is 11.5 Å². The lowest BCUT2D eigenvalue weighted by molar-refractivity contribution is 0.628. The molecule has 1 heterocycles. The van der Waals surface area contributed by atoms with Crippen molar-refractivity contribution in [3.8, 4) is 5.69 Å². The molecule has 0 saturated heterocycles. The molecular formula is C16H13ClFN5. The highest BCUT2D eigenvalue weighted by atomic mass is 35.5. The third-order valence-electron chi connectivity index (χ3n) is 3.17. The van der Waals surface area contributed by atoms with Gasteiger partial charge in [-0.25, -0.2) is 4.39 Å². The number of hydrogen-bond donors (Lipinski definition) is 1. The van der Waals surface area contributed by atoms with Crippen LogP contribution in [0.3, 0.4) is 0 Å². The molecule has 1 N–H and O–H groups in total. The van der Waals surface area contributed by atoms with E-state index in [1.807, 2.05) is 31.2 Å². The van der Waals surface area contributed by atoms with Crippen LogP contribution in [-0.2, 0) is 0 Å². The number of aromatic nitrogens is 4. The molecule has 1 aromatic heterocycles. The lowest BCUT2D eigenvalue weighted by atomic mass is 10.2. The first-order valence-corrected chi connectivity index (χ1v) is 7.25. The number of nitrogens with zero attached hydrogens (tertiary/aromatic N) is 4. The van der Waals surface area contributed by atoms with Crippen LogP contribution in [0.1, 0.15) is 11.4 Å². The Morgan fingerprint density at radius 3 is 2.70 bits per heavy atom. The Morgan fingerprint density at radius 2 is 1.96 bits per heavy atom. The SMILES string of the molecule is Cc1ccc(-n2nnnc2C=CNc2ccc(F)c(Cl)c2)cc1. The predicted octanol–water partition coefficient (Wildman–Crippen LogP) is 3.85. The molecule has 7 heteroatoms. The van der Waals surface area contributed by atoms with Gasteiger partial charge in [-0.05, 0) is 47.7 Å². The summed E-state index contributed by atoms with van der Waals surface area (Å²) < 4.78 is 14.7. The highest BCUT2D eigenvalue weighted by Crippen LogP contribution is 2.19. The number of anilines is 1. The zero-order valence-electron chi connectivity index (χ0n) is 12.2. The molecule has 3 rings (SSSR count). The lowest BCUT2D eigenvalue weighted by Gasteiger charge is -2.03. The van der Waals surface area contributed by atoms with Gasteiger partial charge in [0.2, 0.25) is 0 Å². The fourth-order valence-electron chi connectivity index (χ4n) is 1.97. The summed E-state index contributed by atoms with van der Waals surface area (Å²) >= 11 is 5.73. The highest BCUT2D eigenvalue weighted by Gasteiger charge is 2.05. The summed E-state index contributed by atoms with van der Waals surface area (Å²) in [7, 11) is 0. The molecule has 5 nitrogen and oxygen atoms in total. The normalized spacial score (nSPS) is 11.1. The summed E-state index contributed by atoms with van der Waals surface area (Å²) in [4.78, 5) is 0. The predicted molar refractivity (Wildman–Crippen MR) is 88.0 cm³/mol. The molecule has 0 aliphatic carbocycles. The molecule has 0 atom stereocenters. The van der Waals surface area contributed by atoms with Gasteiger partial charge >= 0.3 is 0 Å². The molecule has 0 saturated carbocycles. The molecule has 3 aromatic rings. The standard InChI is InChI=1S/C16H13ClFN5/c1-11-2-5-13(6-3-11)23-16(20-21-22-23)8-9-19-12-4-7-15(18)14(17)10-12/h2-10,19H,1H3. The average molecular weight is 330 g/mol. The van der Waals surface area contributed by atoms with E-state index in [1.165, 1.54) is 12.1 Å². The van der Waals surface area contributed by atoms with Crippen LogP contribution >= 0.6 is 11.6 Å². The van der Waals surface area contributed by atoms with Crippen LogP contribution < -0.4 is 5.32 Å². The Bertz CT molecular complexity index is 842. The van der Waals surface area contributed by atoms with Crippen molar-refractivity contribution < 1.29 is 4.39 Å². The van der Waals surface area contributed by atoms with Gasteiger partial charge in [-0.2, -0.15) is 4.68 Å². The molecule has 0 aliphatic rings. The van der Waals surface area contributed by atoms with E-state index in [2.05, 4.69) is 20.8 Å². The number of hydrogen-bond acceptors (Lipinski definition) is 4. The van der Waals surface area contributed by atoms with Crippen LogP contribution in [0.2, 0.25) is 5.02 Å². The molecular weight excluding hydrogens is 317 g/mol. The first kappa shape index (κ1) is 15.2. The summed E-state index contributed by atoms with van der Waals surface area (Å²) in [6, 6.07) is 12.3. The van der Waals surface area contributed by atoms with Crippen molar-refractivity contribution >= 4 is 23.4 Å². The molecule has 0 radical (unpaired) electrons. The van der Waals surface area contributed by atoms with Gasteiger partial charge in [-0.1, -0.05) is 29.3 Å². The number of tetrazole rings is 1. The van der Waals surface area contributed by atoms with E-state index < -0.39 is 5.82 Å². The Labute approximate surface area is 137 Å². The minimum atomic E-state index is -0.454. The van der Waals surface area contributed by atoms with Gasteiger partial charge in [0.05, 0.1) is 10.7 Å². The number of aryl methyl sites for hydroxylation is 1. The summed E-state index contributed by atoms with van der Waals surface area (Å²) in [6.07, 6.45) is 3.39. The van der Waals surface area contributed by atoms with E-state index in [9.17, 15) is 4.39 Å². The second-order valence-corrected chi connectivity index (χ2v) is 5.30. The monoisotopic (exact) mass is 329 g/mol. The third-order valence-corrected chi connectivity index (χ3v) is 3.46. The molecule has 116 valence electrons. The second kappa shape index (κ2) is 6.58. The van der Waals surface area contributed by atoms with Gasteiger partial charge in [0.25, 0.3) is 0 Å². The topological polar surface area (TPSA) is 55.6 Å². The van der Waals surface area contributed by atoms with Crippen molar-refractivity contribution in [2.24, 2.45) is 0 Å². The van der Waals surface area contributed by atoms with Crippen LogP contribution in [0.5, 0.6) is 0 Å². The number of rotatable bonds is 4. The zero-order chi connectivity index (χ0) is 16.2. The second-order valence-electron chi connectivity index (χ2n) is 4.89. The first-order valence-electron chi connectivity index (χ1n) is 6.87. The molecule has 0 bridgehead atoms. The van der Waals surface area contributed by atoms with Crippen LogP contribution in [-0.4, -0.2) is 20.2 Å². The smallest absolute Gasteiger partial charge is 0.181 e. The summed E-state index contributed by atoms with van der Waals surface area (Å²) in [5.41, 5.74) is 2.70. The van der Waals surface area contributed by atoms with E-state index in [4.69, 9.17) is 11.6 Å². The van der Waals surface area contributed by atoms with E-state index in [0.717, 1.165) is 11.3 Å². The van der Waals surface area contributed by atoms with E-state index in [-0.39, 0.29) is 5.02 Å². The van der Waals surface area contributed by atoms with Gasteiger partial charge in [0.15, 0.2) is 5.82 Å². The Hall–Kier alpha value is -2.73. The molecule has 0 fully saturated rings. The van der Waals surface area contributed by atoms with Gasteiger partial charge in [-0.15, -0.1) is 5.10 Å². The Morgan fingerprint density at radius 1 is 1.17 bits per heavy atom. The maximum absolute atomic E-state index is 13.1. The largest absolute Gasteiger partial charge is 0.362 e. The third kappa shape index (κ3) is 3.54. The van der Waals surface area contributed by atoms with Crippen LogP contribution in [0.15, 0.2) is 48.7 Å². The van der Waals surface area contributed by atoms with Gasteiger partial charge in [0, 0.05) is 18.0 Å².